The Hall–Kier alpha value is -0.860. The summed E-state index contributed by atoms with van der Waals surface area (Å²) in [7, 11) is 0. The van der Waals surface area contributed by atoms with Gasteiger partial charge in [-0.3, -0.25) is 4.90 Å². The van der Waals surface area contributed by atoms with E-state index in [1.807, 2.05) is 0 Å². The van der Waals surface area contributed by atoms with Crippen molar-refractivity contribution < 1.29 is 0 Å². The van der Waals surface area contributed by atoms with Gasteiger partial charge in [0.25, 0.3) is 0 Å². The van der Waals surface area contributed by atoms with Crippen LogP contribution in [0.1, 0.15) is 52.1 Å². The summed E-state index contributed by atoms with van der Waals surface area (Å²) in [4.78, 5) is 2.72. The van der Waals surface area contributed by atoms with E-state index >= 15 is 0 Å². The first kappa shape index (κ1) is 16.5. The van der Waals surface area contributed by atoms with Crippen molar-refractivity contribution in [2.45, 2.75) is 52.6 Å². The Morgan fingerprint density at radius 3 is 2.48 bits per heavy atom. The zero-order valence-electron chi connectivity index (χ0n) is 14.2. The van der Waals surface area contributed by atoms with E-state index in [-0.39, 0.29) is 0 Å². The summed E-state index contributed by atoms with van der Waals surface area (Å²) in [5.74, 6) is 1.45. The van der Waals surface area contributed by atoms with Crippen LogP contribution in [0.15, 0.2) is 30.3 Å². The molecule has 1 aliphatic rings. The zero-order valence-corrected chi connectivity index (χ0v) is 14.2. The van der Waals surface area contributed by atoms with Crippen LogP contribution >= 0.6 is 0 Å². The lowest BCUT2D eigenvalue weighted by molar-refractivity contribution is 0.0942. The number of nitrogens with one attached hydrogen (secondary N) is 1. The predicted molar refractivity (Wildman–Crippen MR) is 91.5 cm³/mol. The molecule has 2 unspecified atom stereocenters. The lowest BCUT2D eigenvalue weighted by Gasteiger charge is -2.40. The maximum atomic E-state index is 3.62. The van der Waals surface area contributed by atoms with Crippen LogP contribution in [-0.4, -0.2) is 30.6 Å². The fourth-order valence-electron chi connectivity index (χ4n) is 3.59. The van der Waals surface area contributed by atoms with Gasteiger partial charge in [-0.25, -0.2) is 0 Å². The number of hydrogen-bond donors (Lipinski definition) is 1. The normalized spacial score (nSPS) is 21.9. The Labute approximate surface area is 130 Å². The predicted octanol–water partition coefficient (Wildman–Crippen LogP) is 4.09. The van der Waals surface area contributed by atoms with E-state index < -0.39 is 0 Å². The molecule has 2 heteroatoms. The van der Waals surface area contributed by atoms with Crippen LogP contribution in [0.4, 0.5) is 0 Å². The Morgan fingerprint density at radius 2 is 1.86 bits per heavy atom. The van der Waals surface area contributed by atoms with Crippen LogP contribution in [0.2, 0.25) is 0 Å². The molecule has 1 N–H and O–H groups in total. The minimum atomic E-state index is 0.563. The van der Waals surface area contributed by atoms with Crippen molar-refractivity contribution in [2.75, 3.05) is 19.6 Å². The van der Waals surface area contributed by atoms with Crippen LogP contribution in [0.25, 0.3) is 0 Å². The Kier molecular flexibility index (Phi) is 6.25. The van der Waals surface area contributed by atoms with Crippen LogP contribution in [0.3, 0.4) is 0 Å². The number of rotatable bonds is 6. The molecular weight excluding hydrogens is 256 g/mol. The zero-order chi connectivity index (χ0) is 15.2. The van der Waals surface area contributed by atoms with Gasteiger partial charge in [0.2, 0.25) is 0 Å². The molecule has 1 fully saturated rings. The monoisotopic (exact) mass is 288 g/mol. The van der Waals surface area contributed by atoms with Crippen LogP contribution in [0, 0.1) is 11.8 Å². The maximum absolute atomic E-state index is 3.62. The molecule has 2 rings (SSSR count). The van der Waals surface area contributed by atoms with Crippen LogP contribution in [0.5, 0.6) is 0 Å². The molecule has 0 aliphatic carbocycles. The molecular formula is C19H32N2. The van der Waals surface area contributed by atoms with Gasteiger partial charge < -0.3 is 5.32 Å². The minimum absolute atomic E-state index is 0.563. The summed E-state index contributed by atoms with van der Waals surface area (Å²) in [5, 5.41) is 3.62. The van der Waals surface area contributed by atoms with Crippen molar-refractivity contribution in [2.24, 2.45) is 11.8 Å². The highest BCUT2D eigenvalue weighted by molar-refractivity contribution is 5.19. The molecule has 0 amide bonds. The number of piperidine rings is 1. The van der Waals surface area contributed by atoms with Crippen molar-refractivity contribution in [3.8, 4) is 0 Å². The summed E-state index contributed by atoms with van der Waals surface area (Å²) >= 11 is 0. The molecule has 2 nitrogen and oxygen atoms in total. The van der Waals surface area contributed by atoms with Crippen molar-refractivity contribution >= 4 is 0 Å². The summed E-state index contributed by atoms with van der Waals surface area (Å²) in [5.41, 5.74) is 1.48. The van der Waals surface area contributed by atoms with Gasteiger partial charge in [-0.2, -0.15) is 0 Å². The number of benzene rings is 1. The quantitative estimate of drug-likeness (QED) is 0.848. The van der Waals surface area contributed by atoms with E-state index in [9.17, 15) is 0 Å². The van der Waals surface area contributed by atoms with Crippen molar-refractivity contribution in [1.82, 2.24) is 10.2 Å². The summed E-state index contributed by atoms with van der Waals surface area (Å²) in [6.45, 7) is 12.8. The maximum Gasteiger partial charge on any atom is 0.0371 e. The van der Waals surface area contributed by atoms with E-state index in [4.69, 9.17) is 0 Å². The van der Waals surface area contributed by atoms with Gasteiger partial charge in [0.05, 0.1) is 0 Å². The van der Waals surface area contributed by atoms with Gasteiger partial charge in [0.15, 0.2) is 0 Å². The first-order chi connectivity index (χ1) is 10.1. The largest absolute Gasteiger partial charge is 0.314 e. The van der Waals surface area contributed by atoms with Gasteiger partial charge in [-0.1, -0.05) is 58.0 Å². The first-order valence-electron chi connectivity index (χ1n) is 8.60. The number of hydrogen-bond acceptors (Lipinski definition) is 2. The van der Waals surface area contributed by atoms with Gasteiger partial charge in [0.1, 0.15) is 0 Å². The Bertz CT molecular complexity index is 399. The molecule has 0 spiro atoms. The van der Waals surface area contributed by atoms with Crippen LogP contribution in [-0.2, 0) is 0 Å². The van der Waals surface area contributed by atoms with Gasteiger partial charge in [-0.15, -0.1) is 0 Å². The van der Waals surface area contributed by atoms with Crippen molar-refractivity contribution in [3.05, 3.63) is 35.9 Å². The van der Waals surface area contributed by atoms with Gasteiger partial charge >= 0.3 is 0 Å². The Morgan fingerprint density at radius 1 is 1.14 bits per heavy atom. The number of nitrogens with zero attached hydrogens (tertiary/aromatic N) is 1. The highest BCUT2D eigenvalue weighted by Crippen LogP contribution is 2.32. The molecule has 1 aliphatic heterocycles. The standard InChI is InChI=1S/C19H32N2/c1-15(2)19(18-10-6-5-7-11-18)21-12-8-9-17(14-21)13-20-16(3)4/h5-7,10-11,15-17,19-20H,8-9,12-14H2,1-4H3. The fourth-order valence-corrected chi connectivity index (χ4v) is 3.59. The average molecular weight is 288 g/mol. The van der Waals surface area contributed by atoms with E-state index in [1.54, 1.807) is 0 Å². The lowest BCUT2D eigenvalue weighted by Crippen LogP contribution is -2.43. The second-order valence-corrected chi connectivity index (χ2v) is 7.17. The third kappa shape index (κ3) is 4.82. The fraction of sp³-hybridized carbons (Fsp3) is 0.684. The van der Waals surface area contributed by atoms with Gasteiger partial charge in [0, 0.05) is 18.6 Å². The van der Waals surface area contributed by atoms with E-state index in [0.717, 1.165) is 12.5 Å². The van der Waals surface area contributed by atoms with Gasteiger partial charge in [-0.05, 0) is 43.3 Å². The molecule has 1 heterocycles. The highest BCUT2D eigenvalue weighted by Gasteiger charge is 2.28. The third-order valence-electron chi connectivity index (χ3n) is 4.53. The third-order valence-corrected chi connectivity index (χ3v) is 4.53. The smallest absolute Gasteiger partial charge is 0.0371 e. The molecule has 1 aromatic rings. The van der Waals surface area contributed by atoms with Crippen LogP contribution < -0.4 is 5.32 Å². The molecule has 0 bridgehead atoms. The molecule has 1 aromatic carbocycles. The summed E-state index contributed by atoms with van der Waals surface area (Å²) in [6, 6.07) is 12.2. The summed E-state index contributed by atoms with van der Waals surface area (Å²) in [6.07, 6.45) is 2.70. The molecule has 1 saturated heterocycles. The number of likely N-dealkylation sites (tertiary alicyclic amines) is 1. The van der Waals surface area contributed by atoms with Crippen molar-refractivity contribution in [3.63, 3.8) is 0 Å². The molecule has 21 heavy (non-hydrogen) atoms. The molecule has 2 atom stereocenters. The lowest BCUT2D eigenvalue weighted by atomic mass is 9.89. The Balaban J connectivity index is 2.03. The second-order valence-electron chi connectivity index (χ2n) is 7.17. The van der Waals surface area contributed by atoms with Crippen molar-refractivity contribution in [1.29, 1.82) is 0 Å². The highest BCUT2D eigenvalue weighted by atomic mass is 15.2. The molecule has 118 valence electrons. The minimum Gasteiger partial charge on any atom is -0.314 e. The summed E-state index contributed by atoms with van der Waals surface area (Å²) < 4.78 is 0. The molecule has 0 radical (unpaired) electrons. The SMILES string of the molecule is CC(C)NCC1CCCN(C(c2ccccc2)C(C)C)C1. The average Bonchev–Trinajstić information content (AvgIpc) is 2.46. The van der Waals surface area contributed by atoms with E-state index in [2.05, 4.69) is 68.2 Å². The van der Waals surface area contributed by atoms with E-state index in [1.165, 1.54) is 31.5 Å². The topological polar surface area (TPSA) is 15.3 Å². The molecule has 0 saturated carbocycles. The molecule has 0 aromatic heterocycles. The first-order valence-corrected chi connectivity index (χ1v) is 8.60. The second kappa shape index (κ2) is 7.95. The van der Waals surface area contributed by atoms with E-state index in [0.29, 0.717) is 18.0 Å².